The molecule has 1 aliphatic carbocycles. The standard InChI is InChI=1S/C15H15N3O3/c1-8-17-11-4-2-3-10(16)14(11)15(21)18(8)12-6-5-9(19)7-13(12)20/h2-4,12H,5-7,16H2,1H3/i1D,4D,5D2,6D2. The molecule has 6 heteroatoms. The zero-order valence-electron chi connectivity index (χ0n) is 16.8. The molecule has 1 aromatic heterocycles. The molecule has 1 unspecified atom stereocenters. The zero-order chi connectivity index (χ0) is 20.3. The second-order valence-corrected chi connectivity index (χ2v) is 4.60. The minimum atomic E-state index is -3.05. The number of nitrogen functional groups attached to an aromatic ring is 1. The quantitative estimate of drug-likeness (QED) is 0.628. The van der Waals surface area contributed by atoms with Crippen molar-refractivity contribution in [3.05, 3.63) is 34.4 Å². The van der Waals surface area contributed by atoms with E-state index < -0.39 is 49.2 Å². The maximum absolute atomic E-state index is 13.1. The number of fused-ring (bicyclic) bond motifs is 1. The third kappa shape index (κ3) is 2.12. The number of hydrogen-bond acceptors (Lipinski definition) is 5. The molecule has 0 bridgehead atoms. The molecule has 0 amide bonds. The molecule has 21 heavy (non-hydrogen) atoms. The highest BCUT2D eigenvalue weighted by atomic mass is 16.2. The van der Waals surface area contributed by atoms with Crippen LogP contribution in [0.4, 0.5) is 5.69 Å². The van der Waals surface area contributed by atoms with Gasteiger partial charge in [0.05, 0.1) is 24.7 Å². The second kappa shape index (κ2) is 4.80. The molecule has 0 radical (unpaired) electrons. The van der Waals surface area contributed by atoms with Gasteiger partial charge in [0.25, 0.3) is 5.56 Å². The highest BCUT2D eigenvalue weighted by Gasteiger charge is 2.30. The zero-order valence-corrected chi connectivity index (χ0v) is 10.8. The van der Waals surface area contributed by atoms with Crippen molar-refractivity contribution in [1.82, 2.24) is 9.55 Å². The first kappa shape index (κ1) is 8.07. The lowest BCUT2D eigenvalue weighted by atomic mass is 9.92. The Morgan fingerprint density at radius 3 is 3.10 bits per heavy atom. The van der Waals surface area contributed by atoms with E-state index in [9.17, 15) is 14.4 Å². The molecule has 1 aromatic carbocycles. The van der Waals surface area contributed by atoms with Crippen LogP contribution in [0.5, 0.6) is 0 Å². The van der Waals surface area contributed by atoms with Crippen LogP contribution in [-0.2, 0) is 9.59 Å². The lowest BCUT2D eigenvalue weighted by molar-refractivity contribution is -0.132. The summed E-state index contributed by atoms with van der Waals surface area (Å²) in [6.07, 6.45) is -6.94. The van der Waals surface area contributed by atoms with Crippen LogP contribution in [0.3, 0.4) is 0 Å². The topological polar surface area (TPSA) is 95.0 Å². The Hall–Kier alpha value is -2.50. The van der Waals surface area contributed by atoms with E-state index in [2.05, 4.69) is 4.98 Å². The second-order valence-electron chi connectivity index (χ2n) is 4.60. The van der Waals surface area contributed by atoms with Gasteiger partial charge in [-0.05, 0) is 25.4 Å². The Morgan fingerprint density at radius 1 is 1.52 bits per heavy atom. The summed E-state index contributed by atoms with van der Waals surface area (Å²) in [7, 11) is 0. The van der Waals surface area contributed by atoms with Crippen molar-refractivity contribution in [3.8, 4) is 0 Å². The van der Waals surface area contributed by atoms with E-state index in [4.69, 9.17) is 14.0 Å². The fraction of sp³-hybridized carbons (Fsp3) is 0.333. The number of carbonyl (C=O) groups excluding carboxylic acids is 2. The lowest BCUT2D eigenvalue weighted by Crippen LogP contribution is -2.36. The SMILES string of the molecule is [2H]Cc1nc2c([2H])ccc(N)c2c(=O)n1C1C(=O)CC(=O)C([2H])([2H])C1([2H])[2H]. The van der Waals surface area contributed by atoms with Gasteiger partial charge >= 0.3 is 0 Å². The van der Waals surface area contributed by atoms with Crippen molar-refractivity contribution in [1.29, 1.82) is 0 Å². The van der Waals surface area contributed by atoms with Gasteiger partial charge in [-0.3, -0.25) is 19.0 Å². The number of benzene rings is 1. The minimum absolute atomic E-state index is 0.0494. The van der Waals surface area contributed by atoms with Crippen molar-refractivity contribution in [2.45, 2.75) is 32.1 Å². The first-order valence-corrected chi connectivity index (χ1v) is 6.10. The van der Waals surface area contributed by atoms with E-state index in [1.165, 1.54) is 12.1 Å². The number of anilines is 1. The molecule has 2 N–H and O–H groups in total. The summed E-state index contributed by atoms with van der Waals surface area (Å²) in [5, 5.41) is -0.222. The molecular formula is C15H15N3O3. The van der Waals surface area contributed by atoms with E-state index in [1.807, 2.05) is 0 Å². The molecule has 0 aliphatic heterocycles. The van der Waals surface area contributed by atoms with Crippen molar-refractivity contribution >= 4 is 28.2 Å². The van der Waals surface area contributed by atoms with Gasteiger partial charge < -0.3 is 5.73 Å². The van der Waals surface area contributed by atoms with Crippen LogP contribution in [0.25, 0.3) is 10.9 Å². The average Bonchev–Trinajstić information content (AvgIpc) is 2.58. The van der Waals surface area contributed by atoms with Gasteiger partial charge in [0.15, 0.2) is 5.78 Å². The van der Waals surface area contributed by atoms with Gasteiger partial charge in [-0.25, -0.2) is 4.98 Å². The van der Waals surface area contributed by atoms with Crippen molar-refractivity contribution in [2.75, 3.05) is 5.73 Å². The molecule has 1 saturated carbocycles. The van der Waals surface area contributed by atoms with Crippen LogP contribution >= 0.6 is 0 Å². The highest BCUT2D eigenvalue weighted by Crippen LogP contribution is 2.24. The summed E-state index contributed by atoms with van der Waals surface area (Å²) < 4.78 is 47.9. The number of ketones is 2. The predicted molar refractivity (Wildman–Crippen MR) is 78.1 cm³/mol. The Labute approximate surface area is 129 Å². The Bertz CT molecular complexity index is 1050. The van der Waals surface area contributed by atoms with Gasteiger partial charge in [0.1, 0.15) is 11.6 Å². The molecule has 1 heterocycles. The number of nitrogens with two attached hydrogens (primary N) is 1. The molecule has 1 aliphatic rings. The number of nitrogens with zero attached hydrogens (tertiary/aromatic N) is 2. The summed E-state index contributed by atoms with van der Waals surface area (Å²) in [5.41, 5.74) is 4.70. The summed E-state index contributed by atoms with van der Waals surface area (Å²) in [5.74, 6) is -2.52. The third-order valence-corrected chi connectivity index (χ3v) is 3.21. The maximum atomic E-state index is 13.1. The smallest absolute Gasteiger partial charge is 0.264 e. The lowest BCUT2D eigenvalue weighted by Gasteiger charge is -2.24. The van der Waals surface area contributed by atoms with Crippen LogP contribution in [0.2, 0.25) is 0 Å². The maximum Gasteiger partial charge on any atom is 0.264 e. The summed E-state index contributed by atoms with van der Waals surface area (Å²) in [4.78, 5) is 41.4. The largest absolute Gasteiger partial charge is 0.398 e. The van der Waals surface area contributed by atoms with Crippen molar-refractivity contribution < 1.29 is 17.8 Å². The first-order valence-electron chi connectivity index (χ1n) is 9.31. The summed E-state index contributed by atoms with van der Waals surface area (Å²) >= 11 is 0. The van der Waals surface area contributed by atoms with Crippen LogP contribution in [0, 0.1) is 6.90 Å². The molecule has 1 atom stereocenters. The predicted octanol–water partition coefficient (Wildman–Crippen LogP) is 1.15. The Kier molecular flexibility index (Phi) is 1.84. The average molecular weight is 291 g/mol. The molecular weight excluding hydrogens is 270 g/mol. The fourth-order valence-corrected chi connectivity index (χ4v) is 2.24. The number of hydrogen-bond donors (Lipinski definition) is 1. The van der Waals surface area contributed by atoms with Crippen LogP contribution in [0.1, 0.15) is 39.3 Å². The molecule has 6 nitrogen and oxygen atoms in total. The van der Waals surface area contributed by atoms with Crippen LogP contribution in [0.15, 0.2) is 23.0 Å². The van der Waals surface area contributed by atoms with Gasteiger partial charge in [-0.1, -0.05) is 6.07 Å². The Balaban J connectivity index is 2.42. The summed E-state index contributed by atoms with van der Waals surface area (Å²) in [6.45, 7) is -0.629. The monoisotopic (exact) mass is 291 g/mol. The number of aryl methyl sites for hydroxylation is 1. The van der Waals surface area contributed by atoms with Gasteiger partial charge in [0.2, 0.25) is 0 Å². The van der Waals surface area contributed by atoms with E-state index >= 15 is 0 Å². The van der Waals surface area contributed by atoms with Crippen LogP contribution < -0.4 is 11.3 Å². The Morgan fingerprint density at radius 2 is 2.33 bits per heavy atom. The third-order valence-electron chi connectivity index (χ3n) is 3.21. The number of rotatable bonds is 1. The first-order chi connectivity index (χ1) is 12.4. The van der Waals surface area contributed by atoms with E-state index in [0.717, 1.165) is 0 Å². The molecule has 0 spiro atoms. The normalized spacial score (nSPS) is 28.1. The number of Topliss-reactive ketones (excluding diaryl/α,β-unsaturated/α-hetero) is 2. The van der Waals surface area contributed by atoms with Crippen molar-refractivity contribution in [2.24, 2.45) is 0 Å². The molecule has 2 aromatic rings. The molecule has 108 valence electrons. The summed E-state index contributed by atoms with van der Waals surface area (Å²) in [6, 6.07) is 0.480. The number of aromatic nitrogens is 2. The highest BCUT2D eigenvalue weighted by molar-refractivity contribution is 6.03. The fourth-order valence-electron chi connectivity index (χ4n) is 2.24. The van der Waals surface area contributed by atoms with Gasteiger partial charge in [0, 0.05) is 18.9 Å². The van der Waals surface area contributed by atoms with E-state index in [0.29, 0.717) is 4.57 Å². The molecule has 0 saturated heterocycles. The van der Waals surface area contributed by atoms with Gasteiger partial charge in [-0.15, -0.1) is 0 Å². The van der Waals surface area contributed by atoms with E-state index in [1.54, 1.807) is 0 Å². The minimum Gasteiger partial charge on any atom is -0.398 e. The van der Waals surface area contributed by atoms with E-state index in [-0.39, 0.29) is 28.5 Å². The molecule has 1 fully saturated rings. The van der Waals surface area contributed by atoms with Crippen LogP contribution in [-0.4, -0.2) is 21.1 Å². The van der Waals surface area contributed by atoms with Gasteiger partial charge in [-0.2, -0.15) is 0 Å². The molecule has 3 rings (SSSR count). The number of carbonyl (C=O) groups is 2. The van der Waals surface area contributed by atoms with Crippen molar-refractivity contribution in [3.63, 3.8) is 0 Å².